The number of hydrogen-bond donors (Lipinski definition) is 1. The molecule has 0 saturated carbocycles. The van der Waals surface area contributed by atoms with Gasteiger partial charge in [0.15, 0.2) is 0 Å². The average Bonchev–Trinajstić information content (AvgIpc) is 1.36. The normalized spacial score (nSPS) is 6.57. The van der Waals surface area contributed by atoms with E-state index >= 15 is 0 Å². The van der Waals surface area contributed by atoms with E-state index in [-0.39, 0.29) is 51.4 Å². The molecule has 0 aliphatic carbocycles. The van der Waals surface area contributed by atoms with Gasteiger partial charge in [-0.05, 0) is 0 Å². The van der Waals surface area contributed by atoms with Crippen LogP contribution >= 0.6 is 0 Å². The van der Waals surface area contributed by atoms with Crippen LogP contribution in [0.4, 0.5) is 0 Å². The van der Waals surface area contributed by atoms with Crippen molar-refractivity contribution in [3.8, 4) is 0 Å². The number of rotatable bonds is 0. The number of hydrogen-bond acceptors (Lipinski definition) is 1. The molecule has 0 aliphatic rings. The Labute approximate surface area is 94.8 Å². The molecule has 0 aromatic heterocycles. The molecule has 0 saturated heterocycles. The summed E-state index contributed by atoms with van der Waals surface area (Å²) in [5.74, 6) is 0. The van der Waals surface area contributed by atoms with Crippen LogP contribution in [0, 0.1) is 5.41 Å². The van der Waals surface area contributed by atoms with Crippen molar-refractivity contribution in [3.63, 3.8) is 0 Å². The van der Waals surface area contributed by atoms with Gasteiger partial charge < -0.3 is 0 Å². The Morgan fingerprint density at radius 3 is 1.71 bits per heavy atom. The van der Waals surface area contributed by atoms with E-state index in [2.05, 4.69) is 16.0 Å². The van der Waals surface area contributed by atoms with Crippen LogP contribution in [0.3, 0.4) is 0 Å². The molecule has 1 radical (unpaired) electrons. The van der Waals surface area contributed by atoms with Gasteiger partial charge in [-0.3, -0.25) is 0 Å². The third kappa shape index (κ3) is 7.63. The van der Waals surface area contributed by atoms with Crippen molar-refractivity contribution in [2.24, 2.45) is 0 Å². The Morgan fingerprint density at radius 1 is 1.57 bits per heavy atom. The number of nitrogens with zero attached hydrogens (tertiary/aromatic N) is 1. The van der Waals surface area contributed by atoms with Crippen molar-refractivity contribution in [2.75, 3.05) is 14.1 Å². The fraction of sp³-hybridized carbons (Fsp3) is 0.667. The zero-order valence-electron chi connectivity index (χ0n) is 4.86. The zero-order chi connectivity index (χ0) is 5.15. The van der Waals surface area contributed by atoms with Gasteiger partial charge in [-0.1, -0.05) is 0 Å². The van der Waals surface area contributed by atoms with Crippen LogP contribution in [0.5, 0.6) is 0 Å². The molecule has 35 valence electrons. The molecule has 1 N–H and O–H groups in total. The van der Waals surface area contributed by atoms with Crippen molar-refractivity contribution in [2.45, 2.75) is 0 Å². The molecule has 0 aromatic carbocycles. The Bertz CT molecular complexity index is 64.0. The number of amidine groups is 1. The largest absolute Gasteiger partial charge is 1.00 e. The van der Waals surface area contributed by atoms with E-state index < -0.39 is 0 Å². The zero-order valence-corrected chi connectivity index (χ0v) is 9.69. The summed E-state index contributed by atoms with van der Waals surface area (Å²) in [6, 6.07) is 0. The van der Waals surface area contributed by atoms with Gasteiger partial charge >= 0.3 is 96.5 Å². The molecule has 0 fully saturated rings. The molecule has 0 bridgehead atoms. The minimum Gasteiger partial charge on any atom is 1.00 e. The van der Waals surface area contributed by atoms with Gasteiger partial charge in [-0.2, -0.15) is 0 Å². The Balaban J connectivity index is 0. The van der Waals surface area contributed by atoms with E-state index in [1.54, 1.807) is 4.90 Å². The minimum absolute atomic E-state index is 0. The summed E-state index contributed by atoms with van der Waals surface area (Å²) in [6.07, 6.45) is 0. The molecule has 2 nitrogen and oxygen atoms in total. The third-order valence-corrected chi connectivity index (χ3v) is 1.17. The van der Waals surface area contributed by atoms with Crippen molar-refractivity contribution < 1.29 is 51.4 Å². The van der Waals surface area contributed by atoms with E-state index in [0.29, 0.717) is 4.73 Å². The van der Waals surface area contributed by atoms with E-state index in [1.807, 2.05) is 14.1 Å². The van der Waals surface area contributed by atoms with Gasteiger partial charge in [0.2, 0.25) is 0 Å². The molecular weight excluding hydrogens is 182 g/mol. The molecule has 0 aliphatic heterocycles. The van der Waals surface area contributed by atoms with E-state index in [1.165, 1.54) is 0 Å². The summed E-state index contributed by atoms with van der Waals surface area (Å²) in [6.45, 7) is 0. The Kier molecular flexibility index (Phi) is 9.40. The van der Waals surface area contributed by atoms with E-state index in [0.717, 1.165) is 0 Å². The Morgan fingerprint density at radius 2 is 1.71 bits per heavy atom. The summed E-state index contributed by atoms with van der Waals surface area (Å²) in [5.41, 5.74) is 0. The second kappa shape index (κ2) is 5.76. The predicted octanol–water partition coefficient (Wildman–Crippen LogP) is -3.34. The molecule has 0 atom stereocenters. The maximum atomic E-state index is 6.82. The average molecular weight is 189 g/mol. The van der Waals surface area contributed by atoms with Crippen molar-refractivity contribution >= 4 is 20.7 Å². The SMILES string of the molecule is CN(C)C(=N)[Se].[K+]. The minimum atomic E-state index is 0. The molecule has 0 unspecified atom stereocenters. The quantitative estimate of drug-likeness (QED) is 0.241. The second-order valence-corrected chi connectivity index (χ2v) is 2.01. The van der Waals surface area contributed by atoms with E-state index in [4.69, 9.17) is 5.41 Å². The molecule has 0 amide bonds. The van der Waals surface area contributed by atoms with Gasteiger partial charge in [-0.25, -0.2) is 0 Å². The summed E-state index contributed by atoms with van der Waals surface area (Å²) in [7, 11) is 3.64. The first-order valence-corrected chi connectivity index (χ1v) is 2.43. The van der Waals surface area contributed by atoms with Gasteiger partial charge in [0.05, 0.1) is 0 Å². The van der Waals surface area contributed by atoms with Gasteiger partial charge in [0, 0.05) is 0 Å². The molecule has 0 spiro atoms. The molecule has 0 rings (SSSR count). The summed E-state index contributed by atoms with van der Waals surface area (Å²) in [5, 5.41) is 6.82. The first-order chi connectivity index (χ1) is 2.64. The van der Waals surface area contributed by atoms with Crippen LogP contribution in [0.25, 0.3) is 0 Å². The van der Waals surface area contributed by atoms with Crippen LogP contribution in [-0.4, -0.2) is 39.7 Å². The van der Waals surface area contributed by atoms with Crippen LogP contribution in [0.2, 0.25) is 0 Å². The topological polar surface area (TPSA) is 27.1 Å². The van der Waals surface area contributed by atoms with Gasteiger partial charge in [0.1, 0.15) is 0 Å². The molecule has 7 heavy (non-hydrogen) atoms. The molecule has 0 heterocycles. The fourth-order valence-electron chi connectivity index (χ4n) is 0. The van der Waals surface area contributed by atoms with Crippen LogP contribution in [-0.2, 0) is 0 Å². The second-order valence-electron chi connectivity index (χ2n) is 1.20. The van der Waals surface area contributed by atoms with Crippen molar-refractivity contribution in [3.05, 3.63) is 0 Å². The maximum absolute atomic E-state index is 6.82. The van der Waals surface area contributed by atoms with Crippen molar-refractivity contribution in [1.82, 2.24) is 4.90 Å². The van der Waals surface area contributed by atoms with Crippen LogP contribution in [0.15, 0.2) is 0 Å². The first-order valence-electron chi connectivity index (χ1n) is 1.57. The maximum Gasteiger partial charge on any atom is 1.00 e. The van der Waals surface area contributed by atoms with Crippen molar-refractivity contribution in [1.29, 1.82) is 5.41 Å². The molecule has 0 aromatic rings. The molecule has 4 heteroatoms. The monoisotopic (exact) mass is 190 g/mol. The van der Waals surface area contributed by atoms with Crippen LogP contribution < -0.4 is 51.4 Å². The first kappa shape index (κ1) is 11.4. The smallest absolute Gasteiger partial charge is 1.00 e. The third-order valence-electron chi connectivity index (χ3n) is 0.406. The summed E-state index contributed by atoms with van der Waals surface area (Å²) >= 11 is 2.55. The number of nitrogens with one attached hydrogen (secondary N) is 1. The Hall–Kier alpha value is 1.63. The van der Waals surface area contributed by atoms with Gasteiger partial charge in [-0.15, -0.1) is 0 Å². The summed E-state index contributed by atoms with van der Waals surface area (Å²) < 4.78 is 0.468. The standard InChI is InChI=1S/C3H7N2Se.K/c1-5(2)3(4)6;/h4H,1-2H3;/q;+1. The van der Waals surface area contributed by atoms with Crippen LogP contribution in [0.1, 0.15) is 0 Å². The summed E-state index contributed by atoms with van der Waals surface area (Å²) in [4.78, 5) is 1.69. The fourth-order valence-corrected chi connectivity index (χ4v) is 0. The molecular formula is C3H7KN2Se+. The van der Waals surface area contributed by atoms with Gasteiger partial charge in [0.25, 0.3) is 0 Å². The van der Waals surface area contributed by atoms with E-state index in [9.17, 15) is 0 Å². The predicted molar refractivity (Wildman–Crippen MR) is 27.2 cm³/mol.